The lowest BCUT2D eigenvalue weighted by Crippen LogP contribution is -2.49. The van der Waals surface area contributed by atoms with Crippen molar-refractivity contribution in [2.24, 2.45) is 5.92 Å². The van der Waals surface area contributed by atoms with E-state index in [9.17, 15) is 4.79 Å². The Bertz CT molecular complexity index is 836. The minimum atomic E-state index is 0.0932. The molecule has 0 bridgehead atoms. The van der Waals surface area contributed by atoms with E-state index in [1.165, 1.54) is 5.56 Å². The van der Waals surface area contributed by atoms with Gasteiger partial charge in [0.1, 0.15) is 19.0 Å². The lowest BCUT2D eigenvalue weighted by atomic mass is 10.1. The minimum absolute atomic E-state index is 0.0932. The molecule has 0 spiro atoms. The molecule has 5 rings (SSSR count). The highest BCUT2D eigenvalue weighted by Crippen LogP contribution is 2.50. The van der Waals surface area contributed by atoms with Gasteiger partial charge in [-0.2, -0.15) is 0 Å². The van der Waals surface area contributed by atoms with Crippen LogP contribution in [0.4, 0.5) is 5.82 Å². The molecule has 1 saturated heterocycles. The number of aromatic nitrogens is 2. The molecule has 3 aliphatic rings. The zero-order valence-electron chi connectivity index (χ0n) is 15.1. The second-order valence-corrected chi connectivity index (χ2v) is 7.23. The second-order valence-electron chi connectivity index (χ2n) is 7.23. The van der Waals surface area contributed by atoms with Crippen LogP contribution in [0.2, 0.25) is 0 Å². The first-order valence-electron chi connectivity index (χ1n) is 9.49. The first-order chi connectivity index (χ1) is 13.3. The number of hydrogen-bond donors (Lipinski definition) is 0. The summed E-state index contributed by atoms with van der Waals surface area (Å²) in [5, 5.41) is 0. The normalized spacial score (nSPS) is 23.9. The summed E-state index contributed by atoms with van der Waals surface area (Å²) >= 11 is 0. The molecule has 2 aliphatic heterocycles. The number of fused-ring (bicyclic) bond motifs is 1. The van der Waals surface area contributed by atoms with Gasteiger partial charge in [0, 0.05) is 44.5 Å². The summed E-state index contributed by atoms with van der Waals surface area (Å²) in [5.74, 6) is 3.14. The minimum Gasteiger partial charge on any atom is -0.486 e. The first-order valence-corrected chi connectivity index (χ1v) is 9.49. The van der Waals surface area contributed by atoms with Crippen LogP contribution in [-0.4, -0.2) is 60.2 Å². The van der Waals surface area contributed by atoms with Crippen LogP contribution in [0.3, 0.4) is 0 Å². The summed E-state index contributed by atoms with van der Waals surface area (Å²) in [7, 11) is 0. The largest absolute Gasteiger partial charge is 0.486 e. The van der Waals surface area contributed by atoms with Crippen molar-refractivity contribution in [3.63, 3.8) is 0 Å². The molecule has 140 valence electrons. The van der Waals surface area contributed by atoms with Gasteiger partial charge in [-0.3, -0.25) is 9.78 Å². The molecular formula is C20H22N4O3. The van der Waals surface area contributed by atoms with E-state index in [0.717, 1.165) is 49.9 Å². The fourth-order valence-corrected chi connectivity index (χ4v) is 3.97. The summed E-state index contributed by atoms with van der Waals surface area (Å²) in [6, 6.07) is 6.07. The molecule has 2 unspecified atom stereocenters. The summed E-state index contributed by atoms with van der Waals surface area (Å²) in [6.45, 7) is 4.24. The number of benzene rings is 1. The molecule has 2 atom stereocenters. The molecule has 1 aromatic carbocycles. The average molecular weight is 366 g/mol. The lowest BCUT2D eigenvalue weighted by molar-refractivity contribution is -0.133. The molecule has 0 radical (unpaired) electrons. The molecule has 1 aromatic heterocycles. The highest BCUT2D eigenvalue weighted by molar-refractivity contribution is 5.83. The SMILES string of the molecule is O=C(C1CC1c1ccc2c(c1)OCCO2)N1CCN(c2cnccn2)CC1. The Morgan fingerprint density at radius 2 is 1.85 bits per heavy atom. The quantitative estimate of drug-likeness (QED) is 0.824. The monoisotopic (exact) mass is 366 g/mol. The predicted octanol–water partition coefficient (Wildman–Crippen LogP) is 1.70. The number of anilines is 1. The van der Waals surface area contributed by atoms with Crippen molar-refractivity contribution in [3.8, 4) is 11.5 Å². The predicted molar refractivity (Wildman–Crippen MR) is 99.1 cm³/mol. The van der Waals surface area contributed by atoms with Gasteiger partial charge < -0.3 is 19.3 Å². The molecule has 7 heteroatoms. The third kappa shape index (κ3) is 3.18. The van der Waals surface area contributed by atoms with Crippen molar-refractivity contribution >= 4 is 11.7 Å². The van der Waals surface area contributed by atoms with E-state index < -0.39 is 0 Å². The van der Waals surface area contributed by atoms with Crippen molar-refractivity contribution in [2.45, 2.75) is 12.3 Å². The maximum absolute atomic E-state index is 12.9. The van der Waals surface area contributed by atoms with Crippen LogP contribution in [-0.2, 0) is 4.79 Å². The van der Waals surface area contributed by atoms with Crippen molar-refractivity contribution in [1.82, 2.24) is 14.9 Å². The zero-order chi connectivity index (χ0) is 18.2. The molecule has 1 aliphatic carbocycles. The molecule has 7 nitrogen and oxygen atoms in total. The van der Waals surface area contributed by atoms with Gasteiger partial charge in [0.15, 0.2) is 11.5 Å². The van der Waals surface area contributed by atoms with Gasteiger partial charge in [0.25, 0.3) is 0 Å². The second kappa shape index (κ2) is 6.72. The Labute approximate surface area is 157 Å². The van der Waals surface area contributed by atoms with E-state index in [4.69, 9.17) is 9.47 Å². The summed E-state index contributed by atoms with van der Waals surface area (Å²) in [6.07, 6.45) is 6.07. The van der Waals surface area contributed by atoms with Crippen LogP contribution < -0.4 is 14.4 Å². The lowest BCUT2D eigenvalue weighted by Gasteiger charge is -2.35. The van der Waals surface area contributed by atoms with Crippen LogP contribution in [0.5, 0.6) is 11.5 Å². The zero-order valence-corrected chi connectivity index (χ0v) is 15.1. The topological polar surface area (TPSA) is 67.8 Å². The number of piperazine rings is 1. The van der Waals surface area contributed by atoms with Gasteiger partial charge in [-0.1, -0.05) is 6.07 Å². The van der Waals surface area contributed by atoms with E-state index in [1.807, 2.05) is 17.0 Å². The summed E-state index contributed by atoms with van der Waals surface area (Å²) in [4.78, 5) is 25.5. The molecule has 0 N–H and O–H groups in total. The van der Waals surface area contributed by atoms with Crippen molar-refractivity contribution in [1.29, 1.82) is 0 Å². The number of ether oxygens (including phenoxy) is 2. The Morgan fingerprint density at radius 1 is 1.04 bits per heavy atom. The number of nitrogens with zero attached hydrogens (tertiary/aromatic N) is 4. The van der Waals surface area contributed by atoms with E-state index in [0.29, 0.717) is 19.1 Å². The van der Waals surface area contributed by atoms with Crippen LogP contribution in [0.25, 0.3) is 0 Å². The van der Waals surface area contributed by atoms with Gasteiger partial charge in [0.2, 0.25) is 5.91 Å². The van der Waals surface area contributed by atoms with Crippen LogP contribution >= 0.6 is 0 Å². The fraction of sp³-hybridized carbons (Fsp3) is 0.450. The van der Waals surface area contributed by atoms with Crippen LogP contribution in [0.1, 0.15) is 17.9 Å². The maximum Gasteiger partial charge on any atom is 0.226 e. The maximum atomic E-state index is 12.9. The highest BCUT2D eigenvalue weighted by atomic mass is 16.6. The Balaban J connectivity index is 1.20. The average Bonchev–Trinajstić information content (AvgIpc) is 3.55. The molecule has 2 aromatic rings. The van der Waals surface area contributed by atoms with E-state index in [-0.39, 0.29) is 11.8 Å². The van der Waals surface area contributed by atoms with Gasteiger partial charge in [-0.05, 0) is 30.0 Å². The van der Waals surface area contributed by atoms with Crippen LogP contribution in [0, 0.1) is 5.92 Å². The molecule has 27 heavy (non-hydrogen) atoms. The molecule has 1 amide bonds. The van der Waals surface area contributed by atoms with Gasteiger partial charge in [0.05, 0.1) is 6.20 Å². The third-order valence-electron chi connectivity index (χ3n) is 5.57. The number of carbonyl (C=O) groups excluding carboxylic acids is 1. The van der Waals surface area contributed by atoms with Gasteiger partial charge in [-0.15, -0.1) is 0 Å². The fourth-order valence-electron chi connectivity index (χ4n) is 3.97. The van der Waals surface area contributed by atoms with Crippen molar-refractivity contribution < 1.29 is 14.3 Å². The molecule has 3 heterocycles. The third-order valence-corrected chi connectivity index (χ3v) is 5.57. The Morgan fingerprint density at radius 3 is 2.63 bits per heavy atom. The number of hydrogen-bond acceptors (Lipinski definition) is 6. The number of rotatable bonds is 3. The van der Waals surface area contributed by atoms with Crippen LogP contribution in [0.15, 0.2) is 36.8 Å². The van der Waals surface area contributed by atoms with Crippen molar-refractivity contribution in [3.05, 3.63) is 42.4 Å². The highest BCUT2D eigenvalue weighted by Gasteiger charge is 2.46. The van der Waals surface area contributed by atoms with E-state index >= 15 is 0 Å². The molecule has 2 fully saturated rings. The van der Waals surface area contributed by atoms with Gasteiger partial charge >= 0.3 is 0 Å². The Kier molecular flexibility index (Phi) is 4.07. The first kappa shape index (κ1) is 16.4. The molecular weight excluding hydrogens is 344 g/mol. The smallest absolute Gasteiger partial charge is 0.226 e. The Hall–Kier alpha value is -2.83. The van der Waals surface area contributed by atoms with Gasteiger partial charge in [-0.25, -0.2) is 4.98 Å². The number of amides is 1. The summed E-state index contributed by atoms with van der Waals surface area (Å²) in [5.41, 5.74) is 1.18. The van der Waals surface area contributed by atoms with E-state index in [1.54, 1.807) is 18.6 Å². The van der Waals surface area contributed by atoms with Crippen molar-refractivity contribution in [2.75, 3.05) is 44.3 Å². The number of carbonyl (C=O) groups is 1. The van der Waals surface area contributed by atoms with E-state index in [2.05, 4.69) is 20.9 Å². The standard InChI is InChI=1S/C20H22N4O3/c25-20(24-7-5-23(6-8-24)19-13-21-3-4-22-19)16-12-15(16)14-1-2-17-18(11-14)27-10-9-26-17/h1-4,11,13,15-16H,5-10,12H2. The molecule has 1 saturated carbocycles. The summed E-state index contributed by atoms with van der Waals surface area (Å²) < 4.78 is 11.3.